The third-order valence-corrected chi connectivity index (χ3v) is 5.04. The summed E-state index contributed by atoms with van der Waals surface area (Å²) < 4.78 is 51.5. The van der Waals surface area contributed by atoms with Gasteiger partial charge in [0.05, 0.1) is 19.4 Å². The number of nitrogens with zero attached hydrogens (tertiary/aromatic N) is 3. The molecule has 1 fully saturated rings. The molecular formula is C22H19F3N4O5. The summed E-state index contributed by atoms with van der Waals surface area (Å²) in [7, 11) is 1.53. The summed E-state index contributed by atoms with van der Waals surface area (Å²) in [6.07, 6.45) is -4.66. The van der Waals surface area contributed by atoms with E-state index in [0.717, 1.165) is 17.7 Å². The lowest BCUT2D eigenvalue weighted by atomic mass is 10.1. The Hall–Kier alpha value is -4.09. The highest BCUT2D eigenvalue weighted by molar-refractivity contribution is 5.96. The van der Waals surface area contributed by atoms with Crippen molar-refractivity contribution in [2.24, 2.45) is 0 Å². The summed E-state index contributed by atoms with van der Waals surface area (Å²) >= 11 is 0. The summed E-state index contributed by atoms with van der Waals surface area (Å²) in [6.45, 7) is 0.192. The Balaban J connectivity index is 1.36. The fourth-order valence-corrected chi connectivity index (χ4v) is 3.53. The van der Waals surface area contributed by atoms with Crippen LogP contribution in [0.1, 0.15) is 23.8 Å². The number of nitrogens with one attached hydrogen (secondary N) is 1. The summed E-state index contributed by atoms with van der Waals surface area (Å²) in [6, 6.07) is 11.9. The van der Waals surface area contributed by atoms with Crippen molar-refractivity contribution < 1.29 is 36.7 Å². The van der Waals surface area contributed by atoms with Crippen LogP contribution in [-0.4, -0.2) is 42.0 Å². The number of methoxy groups -OCH3 is 1. The molecule has 1 N–H and O–H groups in total. The van der Waals surface area contributed by atoms with Crippen molar-refractivity contribution in [2.75, 3.05) is 23.9 Å². The maximum Gasteiger partial charge on any atom is 0.573 e. The van der Waals surface area contributed by atoms with Gasteiger partial charge >= 0.3 is 12.4 Å². The van der Waals surface area contributed by atoms with Gasteiger partial charge in [-0.3, -0.25) is 14.9 Å². The Morgan fingerprint density at radius 2 is 1.94 bits per heavy atom. The summed E-state index contributed by atoms with van der Waals surface area (Å²) in [5.74, 6) is -0.640. The first-order valence-electron chi connectivity index (χ1n) is 10.1. The summed E-state index contributed by atoms with van der Waals surface area (Å²) in [5, 5.41) is 10.3. The van der Waals surface area contributed by atoms with Gasteiger partial charge in [0.1, 0.15) is 11.5 Å². The van der Waals surface area contributed by atoms with Gasteiger partial charge in [-0.25, -0.2) is 0 Å². The van der Waals surface area contributed by atoms with E-state index < -0.39 is 12.3 Å². The van der Waals surface area contributed by atoms with E-state index in [2.05, 4.69) is 20.3 Å². The third kappa shape index (κ3) is 5.63. The van der Waals surface area contributed by atoms with Gasteiger partial charge in [-0.15, -0.1) is 18.3 Å². The monoisotopic (exact) mass is 476 g/mol. The second-order valence-corrected chi connectivity index (χ2v) is 7.47. The summed E-state index contributed by atoms with van der Waals surface area (Å²) in [5.41, 5.74) is 1.15. The third-order valence-electron chi connectivity index (χ3n) is 5.04. The average molecular weight is 476 g/mol. The topological polar surface area (TPSA) is 107 Å². The van der Waals surface area contributed by atoms with Crippen molar-refractivity contribution in [1.29, 1.82) is 0 Å². The average Bonchev–Trinajstić information content (AvgIpc) is 3.40. The van der Waals surface area contributed by atoms with Crippen molar-refractivity contribution in [3.63, 3.8) is 0 Å². The lowest BCUT2D eigenvalue weighted by Crippen LogP contribution is -2.24. The zero-order chi connectivity index (χ0) is 24.3. The van der Waals surface area contributed by atoms with Crippen LogP contribution < -0.4 is 19.7 Å². The van der Waals surface area contributed by atoms with E-state index in [1.165, 1.54) is 24.1 Å². The molecule has 34 heavy (non-hydrogen) atoms. The summed E-state index contributed by atoms with van der Waals surface area (Å²) in [4.78, 5) is 26.2. The second-order valence-electron chi connectivity index (χ2n) is 7.47. The van der Waals surface area contributed by atoms with Crippen LogP contribution in [0, 0.1) is 0 Å². The molecule has 0 aliphatic carbocycles. The number of alkyl halides is 3. The van der Waals surface area contributed by atoms with Gasteiger partial charge in [0.25, 0.3) is 0 Å². The van der Waals surface area contributed by atoms with Crippen LogP contribution in [-0.2, 0) is 16.0 Å². The molecule has 4 rings (SSSR count). The van der Waals surface area contributed by atoms with E-state index in [1.807, 2.05) is 0 Å². The van der Waals surface area contributed by atoms with Crippen LogP contribution >= 0.6 is 0 Å². The normalized spacial score (nSPS) is 15.9. The number of carbonyl (C=O) groups excluding carboxylic acids is 2. The molecular weight excluding hydrogens is 457 g/mol. The van der Waals surface area contributed by atoms with Crippen LogP contribution in [0.4, 0.5) is 24.9 Å². The molecule has 1 saturated heterocycles. The van der Waals surface area contributed by atoms with Gasteiger partial charge in [-0.05, 0) is 42.0 Å². The van der Waals surface area contributed by atoms with Crippen LogP contribution in [0.2, 0.25) is 0 Å². The molecule has 0 bridgehead atoms. The molecule has 1 atom stereocenters. The van der Waals surface area contributed by atoms with Gasteiger partial charge in [0, 0.05) is 18.7 Å². The maximum absolute atomic E-state index is 12.5. The standard InChI is InChI=1S/C22H19F3N4O5/c1-32-17-4-2-3-13(9-17)10-18(30)26-21-28-27-20(33-21)14-11-19(31)29(12-14)15-5-7-16(8-6-15)34-22(23,24)25/h2-9,14H,10-12H2,1H3,(H,26,28,30)/t14-/m0/s1. The number of carbonyl (C=O) groups is 2. The highest BCUT2D eigenvalue weighted by atomic mass is 19.4. The van der Waals surface area contributed by atoms with E-state index in [0.29, 0.717) is 11.4 Å². The first-order valence-corrected chi connectivity index (χ1v) is 10.1. The molecule has 1 aliphatic rings. The molecule has 1 aromatic heterocycles. The second kappa shape index (κ2) is 9.41. The molecule has 9 nitrogen and oxygen atoms in total. The molecule has 2 heterocycles. The fraction of sp³-hybridized carbons (Fsp3) is 0.273. The number of halogens is 3. The lowest BCUT2D eigenvalue weighted by molar-refractivity contribution is -0.274. The number of hydrogen-bond donors (Lipinski definition) is 1. The minimum Gasteiger partial charge on any atom is -0.497 e. The van der Waals surface area contributed by atoms with Crippen LogP contribution in [0.3, 0.4) is 0 Å². The minimum atomic E-state index is -4.80. The molecule has 0 spiro atoms. The van der Waals surface area contributed by atoms with Crippen molar-refractivity contribution >= 4 is 23.5 Å². The van der Waals surface area contributed by atoms with Gasteiger partial charge in [0.2, 0.25) is 17.7 Å². The number of ether oxygens (including phenoxy) is 2. The van der Waals surface area contributed by atoms with Crippen molar-refractivity contribution in [3.8, 4) is 11.5 Å². The molecule has 3 aromatic rings. The largest absolute Gasteiger partial charge is 0.573 e. The van der Waals surface area contributed by atoms with E-state index in [-0.39, 0.29) is 48.9 Å². The Kier molecular flexibility index (Phi) is 6.39. The Morgan fingerprint density at radius 1 is 1.18 bits per heavy atom. The minimum absolute atomic E-state index is 0.0681. The molecule has 0 radical (unpaired) electrons. The Bertz CT molecular complexity index is 1180. The molecule has 2 aromatic carbocycles. The molecule has 178 valence electrons. The highest BCUT2D eigenvalue weighted by Crippen LogP contribution is 2.33. The van der Waals surface area contributed by atoms with E-state index in [9.17, 15) is 22.8 Å². The molecule has 1 aliphatic heterocycles. The van der Waals surface area contributed by atoms with Gasteiger partial charge < -0.3 is 18.8 Å². The van der Waals surface area contributed by atoms with E-state index >= 15 is 0 Å². The smallest absolute Gasteiger partial charge is 0.497 e. The van der Waals surface area contributed by atoms with Crippen molar-refractivity contribution in [2.45, 2.75) is 25.1 Å². The quantitative estimate of drug-likeness (QED) is 0.554. The number of aromatic nitrogens is 2. The van der Waals surface area contributed by atoms with Gasteiger partial charge in [-0.1, -0.05) is 17.2 Å². The molecule has 2 amide bonds. The zero-order valence-electron chi connectivity index (χ0n) is 17.8. The molecule has 0 saturated carbocycles. The number of rotatable bonds is 7. The number of benzene rings is 2. The number of amides is 2. The molecule has 12 heteroatoms. The van der Waals surface area contributed by atoms with Crippen molar-refractivity contribution in [1.82, 2.24) is 10.2 Å². The molecule has 0 unspecified atom stereocenters. The van der Waals surface area contributed by atoms with Gasteiger partial charge in [-0.2, -0.15) is 0 Å². The Morgan fingerprint density at radius 3 is 2.65 bits per heavy atom. The van der Waals surface area contributed by atoms with E-state index in [4.69, 9.17) is 9.15 Å². The number of anilines is 2. The number of hydrogen-bond acceptors (Lipinski definition) is 7. The Labute approximate surface area is 191 Å². The maximum atomic E-state index is 12.5. The lowest BCUT2D eigenvalue weighted by Gasteiger charge is -2.17. The van der Waals surface area contributed by atoms with Crippen LogP contribution in [0.25, 0.3) is 0 Å². The van der Waals surface area contributed by atoms with Crippen LogP contribution in [0.15, 0.2) is 52.9 Å². The predicted octanol–water partition coefficient (Wildman–Crippen LogP) is 3.68. The van der Waals surface area contributed by atoms with Gasteiger partial charge in [0.15, 0.2) is 0 Å². The fourth-order valence-electron chi connectivity index (χ4n) is 3.53. The predicted molar refractivity (Wildman–Crippen MR) is 112 cm³/mol. The SMILES string of the molecule is COc1cccc(CC(=O)Nc2nnc([C@H]3CC(=O)N(c4ccc(OC(F)(F)F)cc4)C3)o2)c1. The zero-order valence-corrected chi connectivity index (χ0v) is 17.8. The first-order chi connectivity index (χ1) is 16.2. The highest BCUT2D eigenvalue weighted by Gasteiger charge is 2.35. The van der Waals surface area contributed by atoms with Crippen molar-refractivity contribution in [3.05, 3.63) is 60.0 Å². The first kappa shape index (κ1) is 23.1. The van der Waals surface area contributed by atoms with Crippen LogP contribution in [0.5, 0.6) is 11.5 Å². The van der Waals surface area contributed by atoms with E-state index in [1.54, 1.807) is 24.3 Å².